The van der Waals surface area contributed by atoms with E-state index in [0.29, 0.717) is 16.9 Å². The van der Waals surface area contributed by atoms with Gasteiger partial charge >= 0.3 is 6.18 Å². The zero-order chi connectivity index (χ0) is 23.6. The Bertz CT molecular complexity index is 1100. The van der Waals surface area contributed by atoms with Gasteiger partial charge in [0.1, 0.15) is 0 Å². The molecule has 3 rings (SSSR count). The SMILES string of the molecule is CC1=C(c2c(C)cnn2C)CC(=S)C(C(=O)N[C@H](CN)Cc2ccccc2C(F)(F)F)=C1. The number of aryl methyl sites for hydroxylation is 2. The molecule has 0 saturated carbocycles. The molecule has 32 heavy (non-hydrogen) atoms. The van der Waals surface area contributed by atoms with E-state index in [1.54, 1.807) is 17.0 Å². The van der Waals surface area contributed by atoms with E-state index in [1.165, 1.54) is 18.2 Å². The van der Waals surface area contributed by atoms with Crippen LogP contribution in [0.5, 0.6) is 0 Å². The van der Waals surface area contributed by atoms with Crippen LogP contribution >= 0.6 is 12.2 Å². The van der Waals surface area contributed by atoms with Crippen LogP contribution in [-0.4, -0.2) is 33.1 Å². The van der Waals surface area contributed by atoms with Crippen LogP contribution in [0, 0.1) is 6.92 Å². The monoisotopic (exact) mass is 462 g/mol. The molecule has 1 aliphatic carbocycles. The van der Waals surface area contributed by atoms with Crippen molar-refractivity contribution in [3.05, 3.63) is 70.1 Å². The van der Waals surface area contributed by atoms with Crippen molar-refractivity contribution in [1.29, 1.82) is 0 Å². The van der Waals surface area contributed by atoms with Gasteiger partial charge in [0.15, 0.2) is 0 Å². The zero-order valence-electron chi connectivity index (χ0n) is 18.1. The molecule has 1 amide bonds. The number of benzene rings is 1. The molecule has 2 aromatic rings. The number of hydrogen-bond acceptors (Lipinski definition) is 4. The highest BCUT2D eigenvalue weighted by atomic mass is 32.1. The topological polar surface area (TPSA) is 72.9 Å². The number of aromatic nitrogens is 2. The quantitative estimate of drug-likeness (QED) is 0.639. The number of carbonyl (C=O) groups is 1. The summed E-state index contributed by atoms with van der Waals surface area (Å²) in [6.07, 6.45) is -0.609. The van der Waals surface area contributed by atoms with Gasteiger partial charge in [-0.3, -0.25) is 9.48 Å². The Hall–Kier alpha value is -2.78. The third kappa shape index (κ3) is 4.99. The minimum absolute atomic E-state index is 0.00768. The second kappa shape index (κ2) is 9.38. The summed E-state index contributed by atoms with van der Waals surface area (Å²) < 4.78 is 41.7. The Morgan fingerprint density at radius 3 is 2.59 bits per heavy atom. The molecule has 1 heterocycles. The summed E-state index contributed by atoms with van der Waals surface area (Å²) in [6.45, 7) is 3.85. The van der Waals surface area contributed by atoms with E-state index in [0.717, 1.165) is 28.5 Å². The number of hydrogen-bond donors (Lipinski definition) is 2. The van der Waals surface area contributed by atoms with Crippen LogP contribution in [0.25, 0.3) is 5.57 Å². The van der Waals surface area contributed by atoms with E-state index in [2.05, 4.69) is 10.4 Å². The normalized spacial score (nSPS) is 15.6. The first-order valence-electron chi connectivity index (χ1n) is 10.1. The van der Waals surface area contributed by atoms with Gasteiger partial charge in [0.05, 0.1) is 23.0 Å². The van der Waals surface area contributed by atoms with E-state index < -0.39 is 23.7 Å². The average Bonchev–Trinajstić information content (AvgIpc) is 3.06. The maximum absolute atomic E-state index is 13.3. The molecule has 1 atom stereocenters. The third-order valence-corrected chi connectivity index (χ3v) is 5.90. The molecule has 9 heteroatoms. The van der Waals surface area contributed by atoms with Gasteiger partial charge in [0.25, 0.3) is 5.91 Å². The van der Waals surface area contributed by atoms with E-state index in [-0.39, 0.29) is 18.5 Å². The maximum Gasteiger partial charge on any atom is 0.416 e. The predicted octanol–water partition coefficient (Wildman–Crippen LogP) is 3.91. The number of rotatable bonds is 6. The van der Waals surface area contributed by atoms with Crippen LogP contribution in [0.4, 0.5) is 13.2 Å². The number of thiocarbonyl (C=S) groups is 1. The number of nitrogens with zero attached hydrogens (tertiary/aromatic N) is 2. The number of amides is 1. The van der Waals surface area contributed by atoms with Crippen molar-refractivity contribution >= 4 is 28.6 Å². The second-order valence-corrected chi connectivity index (χ2v) is 8.38. The molecule has 0 radical (unpaired) electrons. The van der Waals surface area contributed by atoms with Crippen molar-refractivity contribution < 1.29 is 18.0 Å². The van der Waals surface area contributed by atoms with Gasteiger partial charge in [-0.2, -0.15) is 18.3 Å². The number of carbonyl (C=O) groups excluding carboxylic acids is 1. The van der Waals surface area contributed by atoms with E-state index in [9.17, 15) is 18.0 Å². The molecule has 0 saturated heterocycles. The molecule has 5 nitrogen and oxygen atoms in total. The standard InChI is InChI=1S/C23H25F3N4OS/c1-13-8-18(20(32)10-17(13)21-14(2)12-28-30(21)3)22(31)29-16(11-27)9-15-6-4-5-7-19(15)23(24,25)26/h4-8,12,16H,9-11,27H2,1-3H3,(H,29,31)/t16-/m0/s1. The molecule has 0 fully saturated rings. The lowest BCUT2D eigenvalue weighted by molar-refractivity contribution is -0.138. The van der Waals surface area contributed by atoms with Crippen molar-refractivity contribution in [1.82, 2.24) is 15.1 Å². The van der Waals surface area contributed by atoms with E-state index in [1.807, 2.05) is 20.9 Å². The van der Waals surface area contributed by atoms with Crippen LogP contribution in [0.1, 0.15) is 35.7 Å². The van der Waals surface area contributed by atoms with Crippen LogP contribution < -0.4 is 11.1 Å². The fraction of sp³-hybridized carbons (Fsp3) is 0.348. The Morgan fingerprint density at radius 1 is 1.31 bits per heavy atom. The van der Waals surface area contributed by atoms with Gasteiger partial charge in [-0.1, -0.05) is 30.4 Å². The summed E-state index contributed by atoms with van der Waals surface area (Å²) in [5.74, 6) is -0.435. The van der Waals surface area contributed by atoms with Crippen molar-refractivity contribution in [2.24, 2.45) is 12.8 Å². The van der Waals surface area contributed by atoms with E-state index in [4.69, 9.17) is 18.0 Å². The molecule has 170 valence electrons. The van der Waals surface area contributed by atoms with Crippen molar-refractivity contribution in [3.8, 4) is 0 Å². The Balaban J connectivity index is 1.82. The lowest BCUT2D eigenvalue weighted by Gasteiger charge is -2.23. The lowest BCUT2D eigenvalue weighted by Crippen LogP contribution is -2.43. The smallest absolute Gasteiger partial charge is 0.348 e. The molecule has 0 bridgehead atoms. The first kappa shape index (κ1) is 23.9. The average molecular weight is 463 g/mol. The number of nitrogens with one attached hydrogen (secondary N) is 1. The summed E-state index contributed by atoms with van der Waals surface area (Å²) in [5.41, 5.74) is 9.33. The molecular weight excluding hydrogens is 437 g/mol. The summed E-state index contributed by atoms with van der Waals surface area (Å²) in [5, 5.41) is 7.02. The summed E-state index contributed by atoms with van der Waals surface area (Å²) in [6, 6.07) is 4.63. The molecule has 1 aromatic carbocycles. The maximum atomic E-state index is 13.3. The van der Waals surface area contributed by atoms with Gasteiger partial charge in [-0.05, 0) is 54.7 Å². The molecule has 0 spiro atoms. The molecule has 0 aliphatic heterocycles. The van der Waals surface area contributed by atoms with Gasteiger partial charge in [0.2, 0.25) is 0 Å². The fourth-order valence-electron chi connectivity index (χ4n) is 3.92. The number of halogens is 3. The Kier molecular flexibility index (Phi) is 7.00. The summed E-state index contributed by atoms with van der Waals surface area (Å²) in [4.78, 5) is 13.4. The largest absolute Gasteiger partial charge is 0.416 e. The summed E-state index contributed by atoms with van der Waals surface area (Å²) in [7, 11) is 1.85. The third-order valence-electron chi connectivity index (χ3n) is 5.54. The highest BCUT2D eigenvalue weighted by Gasteiger charge is 2.33. The zero-order valence-corrected chi connectivity index (χ0v) is 18.9. The van der Waals surface area contributed by atoms with Crippen LogP contribution in [-0.2, 0) is 24.4 Å². The predicted molar refractivity (Wildman–Crippen MR) is 122 cm³/mol. The number of nitrogens with two attached hydrogens (primary N) is 1. The highest BCUT2D eigenvalue weighted by Crippen LogP contribution is 2.33. The van der Waals surface area contributed by atoms with Crippen LogP contribution in [0.3, 0.4) is 0 Å². The minimum Gasteiger partial charge on any atom is -0.348 e. The lowest BCUT2D eigenvalue weighted by atomic mass is 9.89. The fourth-order valence-corrected chi connectivity index (χ4v) is 4.22. The summed E-state index contributed by atoms with van der Waals surface area (Å²) >= 11 is 5.51. The minimum atomic E-state index is -4.48. The molecule has 1 aliphatic rings. The Labute approximate surface area is 190 Å². The Morgan fingerprint density at radius 2 is 2.00 bits per heavy atom. The molecule has 0 unspecified atom stereocenters. The van der Waals surface area contributed by atoms with Gasteiger partial charge < -0.3 is 11.1 Å². The van der Waals surface area contributed by atoms with Gasteiger partial charge in [0, 0.05) is 30.9 Å². The van der Waals surface area contributed by atoms with Gasteiger partial charge in [-0.15, -0.1) is 0 Å². The molecule has 1 aromatic heterocycles. The first-order valence-corrected chi connectivity index (χ1v) is 10.5. The number of alkyl halides is 3. The highest BCUT2D eigenvalue weighted by molar-refractivity contribution is 7.81. The molecule has 3 N–H and O–H groups in total. The van der Waals surface area contributed by atoms with Crippen molar-refractivity contribution in [2.75, 3.05) is 6.54 Å². The number of allylic oxidation sites excluding steroid dienone is 3. The van der Waals surface area contributed by atoms with Crippen molar-refractivity contribution in [3.63, 3.8) is 0 Å². The van der Waals surface area contributed by atoms with Gasteiger partial charge in [-0.25, -0.2) is 0 Å². The second-order valence-electron chi connectivity index (χ2n) is 7.88. The van der Waals surface area contributed by atoms with Crippen molar-refractivity contribution in [2.45, 2.75) is 38.9 Å². The molecular formula is C23H25F3N4OS. The van der Waals surface area contributed by atoms with E-state index >= 15 is 0 Å². The van der Waals surface area contributed by atoms with Crippen LogP contribution in [0.15, 0.2) is 47.7 Å². The first-order chi connectivity index (χ1) is 15.0. The van der Waals surface area contributed by atoms with Crippen LogP contribution in [0.2, 0.25) is 0 Å².